The van der Waals surface area contributed by atoms with E-state index in [1.807, 2.05) is 24.0 Å². The molecule has 0 radical (unpaired) electrons. The third-order valence-electron chi connectivity index (χ3n) is 3.39. The summed E-state index contributed by atoms with van der Waals surface area (Å²) >= 11 is 0. The lowest BCUT2D eigenvalue weighted by atomic mass is 10.2. The van der Waals surface area contributed by atoms with Gasteiger partial charge in [-0.15, -0.1) is 0 Å². The molecule has 0 spiro atoms. The Morgan fingerprint density at radius 2 is 2.15 bits per heavy atom. The minimum absolute atomic E-state index is 0.0356. The summed E-state index contributed by atoms with van der Waals surface area (Å²) in [5, 5.41) is 11.5. The van der Waals surface area contributed by atoms with Gasteiger partial charge in [0.1, 0.15) is 5.69 Å². The number of amides is 1. The maximum absolute atomic E-state index is 12.4. The van der Waals surface area contributed by atoms with Crippen LogP contribution in [0.15, 0.2) is 23.5 Å². The molecule has 1 fully saturated rings. The summed E-state index contributed by atoms with van der Waals surface area (Å²) < 4.78 is 0. The number of hydrogen-bond acceptors (Lipinski definition) is 5. The number of piperazine rings is 1. The highest BCUT2D eigenvalue weighted by Gasteiger charge is 2.24. The number of amidine groups is 1. The van der Waals surface area contributed by atoms with E-state index in [-0.39, 0.29) is 11.7 Å². The third kappa shape index (κ3) is 3.24. The summed E-state index contributed by atoms with van der Waals surface area (Å²) in [6.07, 6.45) is 1.63. The second-order valence-electron chi connectivity index (χ2n) is 4.83. The lowest BCUT2D eigenvalue weighted by Gasteiger charge is -2.34. The van der Waals surface area contributed by atoms with Gasteiger partial charge >= 0.3 is 0 Å². The molecule has 1 aliphatic heterocycles. The second kappa shape index (κ2) is 6.33. The van der Waals surface area contributed by atoms with Gasteiger partial charge in [-0.2, -0.15) is 0 Å². The molecule has 1 aromatic rings. The zero-order valence-electron chi connectivity index (χ0n) is 11.5. The van der Waals surface area contributed by atoms with E-state index in [4.69, 9.17) is 10.9 Å². The standard InChI is InChI=1S/C13H19N5O2/c1-10-3-2-4-15-12(10)13(19)18-7-5-17(6-8-18)9-11(14)16-20/h2-4,20H,5-9H2,1H3,(H2,14,16). The zero-order chi connectivity index (χ0) is 14.5. The van der Waals surface area contributed by atoms with Gasteiger partial charge < -0.3 is 15.8 Å². The van der Waals surface area contributed by atoms with Crippen molar-refractivity contribution in [3.05, 3.63) is 29.6 Å². The van der Waals surface area contributed by atoms with Gasteiger partial charge in [0.25, 0.3) is 5.91 Å². The fourth-order valence-corrected chi connectivity index (χ4v) is 2.23. The molecule has 1 aliphatic rings. The first-order chi connectivity index (χ1) is 9.61. The maximum Gasteiger partial charge on any atom is 0.272 e. The van der Waals surface area contributed by atoms with Gasteiger partial charge in [0.05, 0.1) is 6.54 Å². The van der Waals surface area contributed by atoms with Gasteiger partial charge in [0.15, 0.2) is 5.84 Å². The Kier molecular flexibility index (Phi) is 4.52. The molecule has 3 N–H and O–H groups in total. The number of aryl methyl sites for hydroxylation is 1. The van der Waals surface area contributed by atoms with Crippen LogP contribution in [-0.2, 0) is 0 Å². The molecular formula is C13H19N5O2. The van der Waals surface area contributed by atoms with Crippen LogP contribution >= 0.6 is 0 Å². The molecule has 0 aromatic carbocycles. The van der Waals surface area contributed by atoms with Crippen LogP contribution in [-0.4, -0.2) is 64.5 Å². The van der Waals surface area contributed by atoms with Gasteiger partial charge in [-0.05, 0) is 18.6 Å². The Morgan fingerprint density at radius 1 is 1.45 bits per heavy atom. The quantitative estimate of drug-likeness (QED) is 0.348. The molecule has 2 rings (SSSR count). The van der Waals surface area contributed by atoms with Crippen LogP contribution in [0.5, 0.6) is 0 Å². The van der Waals surface area contributed by atoms with Crippen molar-refractivity contribution in [1.82, 2.24) is 14.8 Å². The van der Waals surface area contributed by atoms with Crippen molar-refractivity contribution >= 4 is 11.7 Å². The number of rotatable bonds is 3. The van der Waals surface area contributed by atoms with E-state index in [9.17, 15) is 4.79 Å². The summed E-state index contributed by atoms with van der Waals surface area (Å²) in [5.41, 5.74) is 6.87. The number of aromatic nitrogens is 1. The number of hydrogen-bond donors (Lipinski definition) is 2. The van der Waals surface area contributed by atoms with Crippen molar-refractivity contribution in [2.45, 2.75) is 6.92 Å². The number of nitrogens with two attached hydrogens (primary N) is 1. The van der Waals surface area contributed by atoms with Gasteiger partial charge in [-0.1, -0.05) is 11.2 Å². The van der Waals surface area contributed by atoms with E-state index in [2.05, 4.69) is 10.1 Å². The molecule has 1 saturated heterocycles. The van der Waals surface area contributed by atoms with Crippen LogP contribution < -0.4 is 5.73 Å². The summed E-state index contributed by atoms with van der Waals surface area (Å²) in [4.78, 5) is 20.4. The first kappa shape index (κ1) is 14.3. The topological polar surface area (TPSA) is 95.1 Å². The lowest BCUT2D eigenvalue weighted by molar-refractivity contribution is 0.0646. The van der Waals surface area contributed by atoms with E-state index < -0.39 is 0 Å². The van der Waals surface area contributed by atoms with Gasteiger partial charge in [0.2, 0.25) is 0 Å². The third-order valence-corrected chi connectivity index (χ3v) is 3.39. The number of oxime groups is 1. The van der Waals surface area contributed by atoms with Gasteiger partial charge in [-0.3, -0.25) is 14.7 Å². The Morgan fingerprint density at radius 3 is 2.75 bits per heavy atom. The van der Waals surface area contributed by atoms with Crippen molar-refractivity contribution in [1.29, 1.82) is 0 Å². The smallest absolute Gasteiger partial charge is 0.272 e. The molecular weight excluding hydrogens is 258 g/mol. The Balaban J connectivity index is 1.94. The van der Waals surface area contributed by atoms with Crippen LogP contribution in [0.3, 0.4) is 0 Å². The number of carbonyl (C=O) groups excluding carboxylic acids is 1. The van der Waals surface area contributed by atoms with Crippen LogP contribution in [0.25, 0.3) is 0 Å². The van der Waals surface area contributed by atoms with E-state index in [1.54, 1.807) is 11.1 Å². The molecule has 20 heavy (non-hydrogen) atoms. The molecule has 0 unspecified atom stereocenters. The molecule has 2 heterocycles. The van der Waals surface area contributed by atoms with Crippen LogP contribution in [0.2, 0.25) is 0 Å². The zero-order valence-corrected chi connectivity index (χ0v) is 11.5. The largest absolute Gasteiger partial charge is 0.409 e. The highest BCUT2D eigenvalue weighted by atomic mass is 16.4. The molecule has 108 valence electrons. The number of pyridine rings is 1. The normalized spacial score (nSPS) is 17.2. The Bertz CT molecular complexity index is 509. The minimum Gasteiger partial charge on any atom is -0.409 e. The Labute approximate surface area is 117 Å². The van der Waals surface area contributed by atoms with Gasteiger partial charge in [-0.25, -0.2) is 0 Å². The van der Waals surface area contributed by atoms with Gasteiger partial charge in [0, 0.05) is 32.4 Å². The highest BCUT2D eigenvalue weighted by Crippen LogP contribution is 2.10. The minimum atomic E-state index is -0.0356. The van der Waals surface area contributed by atoms with E-state index >= 15 is 0 Å². The molecule has 1 amide bonds. The van der Waals surface area contributed by atoms with E-state index in [0.29, 0.717) is 38.4 Å². The average molecular weight is 277 g/mol. The van der Waals surface area contributed by atoms with Crippen LogP contribution in [0, 0.1) is 6.92 Å². The average Bonchev–Trinajstić information content (AvgIpc) is 2.47. The number of nitrogens with zero attached hydrogens (tertiary/aromatic N) is 4. The lowest BCUT2D eigenvalue weighted by Crippen LogP contribution is -2.50. The monoisotopic (exact) mass is 277 g/mol. The fraction of sp³-hybridized carbons (Fsp3) is 0.462. The first-order valence-corrected chi connectivity index (χ1v) is 6.51. The number of carbonyl (C=O) groups is 1. The molecule has 7 heteroatoms. The van der Waals surface area contributed by atoms with Crippen LogP contribution in [0.4, 0.5) is 0 Å². The summed E-state index contributed by atoms with van der Waals surface area (Å²) in [7, 11) is 0. The molecule has 0 bridgehead atoms. The summed E-state index contributed by atoms with van der Waals surface area (Å²) in [6, 6.07) is 3.70. The molecule has 0 aliphatic carbocycles. The predicted molar refractivity (Wildman–Crippen MR) is 74.7 cm³/mol. The molecule has 0 saturated carbocycles. The van der Waals surface area contributed by atoms with E-state index in [1.165, 1.54) is 0 Å². The maximum atomic E-state index is 12.4. The SMILES string of the molecule is Cc1cccnc1C(=O)N1CCN(CC(N)=NO)CC1. The van der Waals surface area contributed by atoms with Crippen molar-refractivity contribution in [3.8, 4) is 0 Å². The highest BCUT2D eigenvalue weighted by molar-refractivity contribution is 5.93. The Hall–Kier alpha value is -2.15. The fourth-order valence-electron chi connectivity index (χ4n) is 2.23. The summed E-state index contributed by atoms with van der Waals surface area (Å²) in [5.74, 6) is 0.150. The molecule has 0 atom stereocenters. The summed E-state index contributed by atoms with van der Waals surface area (Å²) in [6.45, 7) is 4.94. The van der Waals surface area contributed by atoms with Crippen molar-refractivity contribution in [2.24, 2.45) is 10.9 Å². The van der Waals surface area contributed by atoms with Crippen molar-refractivity contribution < 1.29 is 10.0 Å². The second-order valence-corrected chi connectivity index (χ2v) is 4.83. The van der Waals surface area contributed by atoms with Crippen molar-refractivity contribution in [3.63, 3.8) is 0 Å². The van der Waals surface area contributed by atoms with Crippen LogP contribution in [0.1, 0.15) is 16.1 Å². The molecule has 1 aromatic heterocycles. The van der Waals surface area contributed by atoms with Crippen molar-refractivity contribution in [2.75, 3.05) is 32.7 Å². The van der Waals surface area contributed by atoms with E-state index in [0.717, 1.165) is 5.56 Å². The first-order valence-electron chi connectivity index (χ1n) is 6.51. The molecule has 7 nitrogen and oxygen atoms in total. The predicted octanol–water partition coefficient (Wildman–Crippen LogP) is -0.106.